The fraction of sp³-hybridized carbons (Fsp3) is 0.208. The molecule has 0 radical (unpaired) electrons. The van der Waals surface area contributed by atoms with E-state index in [1.807, 2.05) is 55.8 Å². The van der Waals surface area contributed by atoms with Crippen LogP contribution in [0.25, 0.3) is 5.69 Å². The monoisotopic (exact) mass is 416 g/mol. The molecule has 2 heterocycles. The average molecular weight is 416 g/mol. The smallest absolute Gasteiger partial charge is 0.251 e. The summed E-state index contributed by atoms with van der Waals surface area (Å²) in [4.78, 5) is 16.7. The fourth-order valence-corrected chi connectivity index (χ4v) is 3.28. The van der Waals surface area contributed by atoms with Crippen LogP contribution in [-0.2, 0) is 6.61 Å². The Balaban J connectivity index is 1.34. The van der Waals surface area contributed by atoms with E-state index < -0.39 is 0 Å². The maximum absolute atomic E-state index is 12.6. The van der Waals surface area contributed by atoms with E-state index >= 15 is 0 Å². The van der Waals surface area contributed by atoms with Crippen LogP contribution in [0.15, 0.2) is 71.8 Å². The molecule has 1 N–H and O–H groups in total. The largest absolute Gasteiger partial charge is 0.489 e. The number of ether oxygens (including phenoxy) is 1. The molecule has 0 aliphatic carbocycles. The molecule has 0 bridgehead atoms. The number of benzene rings is 2. The summed E-state index contributed by atoms with van der Waals surface area (Å²) in [7, 11) is 0. The lowest BCUT2D eigenvalue weighted by Gasteiger charge is -2.15. The van der Waals surface area contributed by atoms with Gasteiger partial charge in [0.05, 0.1) is 23.6 Å². The van der Waals surface area contributed by atoms with Crippen LogP contribution in [0, 0.1) is 13.8 Å². The van der Waals surface area contributed by atoms with Crippen molar-refractivity contribution >= 4 is 5.91 Å². The van der Waals surface area contributed by atoms with Gasteiger partial charge in [-0.3, -0.25) is 4.79 Å². The van der Waals surface area contributed by atoms with Crippen molar-refractivity contribution in [2.45, 2.75) is 33.4 Å². The highest BCUT2D eigenvalue weighted by atomic mass is 16.5. The van der Waals surface area contributed by atoms with Crippen LogP contribution >= 0.6 is 0 Å². The van der Waals surface area contributed by atoms with E-state index in [1.165, 1.54) is 0 Å². The number of carbonyl (C=O) groups is 1. The molecule has 0 saturated heterocycles. The molecule has 0 aliphatic heterocycles. The third-order valence-corrected chi connectivity index (χ3v) is 5.22. The zero-order chi connectivity index (χ0) is 21.8. The summed E-state index contributed by atoms with van der Waals surface area (Å²) in [6.07, 6.45) is 5.38. The van der Waals surface area contributed by atoms with Crippen molar-refractivity contribution in [1.82, 2.24) is 20.0 Å². The van der Waals surface area contributed by atoms with Crippen LogP contribution in [0.1, 0.15) is 45.9 Å². The fourth-order valence-electron chi connectivity index (χ4n) is 3.28. The van der Waals surface area contributed by atoms with E-state index in [4.69, 9.17) is 9.26 Å². The molecular weight excluding hydrogens is 392 g/mol. The van der Waals surface area contributed by atoms with Gasteiger partial charge in [-0.15, -0.1) is 0 Å². The van der Waals surface area contributed by atoms with Crippen molar-refractivity contribution in [3.05, 3.63) is 95.4 Å². The van der Waals surface area contributed by atoms with Gasteiger partial charge in [-0.05, 0) is 62.7 Å². The SMILES string of the molecule is Cc1noc(C)c1COc1ccc(C(=O)N[C@H](C)c2ccc(-n3ccnc3)cc2)cc1. The molecular formula is C24H24N4O3. The quantitative estimate of drug-likeness (QED) is 0.478. The normalized spacial score (nSPS) is 11.8. The number of nitrogens with zero attached hydrogens (tertiary/aromatic N) is 3. The lowest BCUT2D eigenvalue weighted by atomic mass is 10.1. The van der Waals surface area contributed by atoms with E-state index in [1.54, 1.807) is 36.8 Å². The summed E-state index contributed by atoms with van der Waals surface area (Å²) in [5.74, 6) is 1.30. The Bertz CT molecular complexity index is 1130. The second-order valence-corrected chi connectivity index (χ2v) is 7.37. The van der Waals surface area contributed by atoms with Gasteiger partial charge in [0.25, 0.3) is 5.91 Å². The molecule has 0 fully saturated rings. The molecule has 2 aromatic heterocycles. The lowest BCUT2D eigenvalue weighted by Crippen LogP contribution is -2.26. The minimum atomic E-state index is -0.136. The Morgan fingerprint density at radius 3 is 2.48 bits per heavy atom. The molecule has 0 aliphatic rings. The predicted octanol–water partition coefficient (Wildman–Crippen LogP) is 4.55. The topological polar surface area (TPSA) is 82.2 Å². The van der Waals surface area contributed by atoms with E-state index in [0.29, 0.717) is 17.9 Å². The zero-order valence-corrected chi connectivity index (χ0v) is 17.7. The third kappa shape index (κ3) is 4.66. The number of carbonyl (C=O) groups excluding carboxylic acids is 1. The molecule has 7 heteroatoms. The summed E-state index contributed by atoms with van der Waals surface area (Å²) in [6.45, 7) is 6.08. The van der Waals surface area contributed by atoms with Crippen molar-refractivity contribution in [1.29, 1.82) is 0 Å². The minimum absolute atomic E-state index is 0.125. The van der Waals surface area contributed by atoms with E-state index in [9.17, 15) is 4.79 Å². The van der Waals surface area contributed by atoms with Crippen LogP contribution in [0.4, 0.5) is 0 Å². The standard InChI is InChI=1S/C24H24N4O3/c1-16(19-4-8-21(9-5-19)28-13-12-25-15-28)26-24(29)20-6-10-22(11-7-20)30-14-23-17(2)27-31-18(23)3/h4-13,15-16H,14H2,1-3H3,(H,26,29)/t16-/m1/s1. The number of rotatable bonds is 7. The van der Waals surface area contributed by atoms with Gasteiger partial charge in [0, 0.05) is 23.6 Å². The highest BCUT2D eigenvalue weighted by Gasteiger charge is 2.13. The first kappa shape index (κ1) is 20.4. The number of nitrogens with one attached hydrogen (secondary N) is 1. The molecule has 158 valence electrons. The van der Waals surface area contributed by atoms with Crippen LogP contribution in [-0.4, -0.2) is 20.6 Å². The van der Waals surface area contributed by atoms with Crippen LogP contribution < -0.4 is 10.1 Å². The number of amides is 1. The van der Waals surface area contributed by atoms with Crippen molar-refractivity contribution in [2.24, 2.45) is 0 Å². The molecule has 31 heavy (non-hydrogen) atoms. The average Bonchev–Trinajstić information content (AvgIpc) is 3.43. The number of aromatic nitrogens is 3. The second kappa shape index (κ2) is 8.87. The van der Waals surface area contributed by atoms with Gasteiger partial charge < -0.3 is 19.1 Å². The van der Waals surface area contributed by atoms with Gasteiger partial charge in [0.2, 0.25) is 0 Å². The summed E-state index contributed by atoms with van der Waals surface area (Å²) in [5, 5.41) is 6.96. The van der Waals surface area contributed by atoms with Gasteiger partial charge in [0.1, 0.15) is 18.1 Å². The van der Waals surface area contributed by atoms with Gasteiger partial charge >= 0.3 is 0 Å². The van der Waals surface area contributed by atoms with Gasteiger partial charge in [-0.2, -0.15) is 0 Å². The first-order valence-electron chi connectivity index (χ1n) is 10.0. The highest BCUT2D eigenvalue weighted by Crippen LogP contribution is 2.19. The molecule has 0 unspecified atom stereocenters. The Labute approximate surface area is 180 Å². The molecule has 0 spiro atoms. The third-order valence-electron chi connectivity index (χ3n) is 5.22. The summed E-state index contributed by atoms with van der Waals surface area (Å²) in [5.41, 5.74) is 4.38. The van der Waals surface area contributed by atoms with Crippen LogP contribution in [0.3, 0.4) is 0 Å². The lowest BCUT2D eigenvalue weighted by molar-refractivity contribution is 0.0940. The molecule has 4 aromatic rings. The van der Waals surface area contributed by atoms with E-state index in [-0.39, 0.29) is 11.9 Å². The minimum Gasteiger partial charge on any atom is -0.489 e. The van der Waals surface area contributed by atoms with E-state index in [2.05, 4.69) is 15.5 Å². The Hall–Kier alpha value is -3.87. The number of hydrogen-bond donors (Lipinski definition) is 1. The number of hydrogen-bond acceptors (Lipinski definition) is 5. The molecule has 7 nitrogen and oxygen atoms in total. The first-order valence-corrected chi connectivity index (χ1v) is 10.0. The molecule has 0 saturated carbocycles. The Kier molecular flexibility index (Phi) is 5.84. The van der Waals surface area contributed by atoms with Crippen molar-refractivity contribution in [2.75, 3.05) is 0 Å². The summed E-state index contributed by atoms with van der Waals surface area (Å²) < 4.78 is 12.9. The van der Waals surface area contributed by atoms with E-state index in [0.717, 1.165) is 28.3 Å². The summed E-state index contributed by atoms with van der Waals surface area (Å²) >= 11 is 0. The molecule has 1 atom stereocenters. The first-order chi connectivity index (χ1) is 15.0. The number of aryl methyl sites for hydroxylation is 2. The van der Waals surface area contributed by atoms with Gasteiger partial charge in [-0.1, -0.05) is 17.3 Å². The van der Waals surface area contributed by atoms with Gasteiger partial charge in [0.15, 0.2) is 0 Å². The zero-order valence-electron chi connectivity index (χ0n) is 17.7. The number of imidazole rings is 1. The van der Waals surface area contributed by atoms with Gasteiger partial charge in [-0.25, -0.2) is 4.98 Å². The van der Waals surface area contributed by atoms with Crippen molar-refractivity contribution in [3.63, 3.8) is 0 Å². The van der Waals surface area contributed by atoms with Crippen molar-refractivity contribution in [3.8, 4) is 11.4 Å². The second-order valence-electron chi connectivity index (χ2n) is 7.37. The molecule has 2 aromatic carbocycles. The Morgan fingerprint density at radius 1 is 1.13 bits per heavy atom. The highest BCUT2D eigenvalue weighted by molar-refractivity contribution is 5.94. The van der Waals surface area contributed by atoms with Crippen LogP contribution in [0.2, 0.25) is 0 Å². The molecule has 4 rings (SSSR count). The van der Waals surface area contributed by atoms with Crippen molar-refractivity contribution < 1.29 is 14.1 Å². The van der Waals surface area contributed by atoms with Crippen LogP contribution in [0.5, 0.6) is 5.75 Å². The Morgan fingerprint density at radius 2 is 1.87 bits per heavy atom. The maximum Gasteiger partial charge on any atom is 0.251 e. The summed E-state index contributed by atoms with van der Waals surface area (Å²) in [6, 6.07) is 15.0. The maximum atomic E-state index is 12.6. The molecule has 1 amide bonds. The predicted molar refractivity (Wildman–Crippen MR) is 116 cm³/mol.